The molecule has 1 fully saturated rings. The molecule has 0 spiro atoms. The maximum absolute atomic E-state index is 4.42. The topological polar surface area (TPSA) is 40.7 Å². The van der Waals surface area contributed by atoms with Crippen LogP contribution in [0.1, 0.15) is 32.3 Å². The molecular weight excluding hydrogens is 174 g/mol. The van der Waals surface area contributed by atoms with Crippen molar-refractivity contribution in [3.63, 3.8) is 0 Å². The highest BCUT2D eigenvalue weighted by molar-refractivity contribution is 5.09. The van der Waals surface area contributed by atoms with Crippen molar-refractivity contribution in [2.75, 3.05) is 13.1 Å². The first-order valence-electron chi connectivity index (χ1n) is 5.31. The maximum atomic E-state index is 4.42. The molecule has 0 radical (unpaired) electrons. The van der Waals surface area contributed by atoms with Crippen molar-refractivity contribution in [2.24, 2.45) is 5.92 Å². The minimum atomic E-state index is 0.135. The molecule has 14 heavy (non-hydrogen) atoms. The lowest BCUT2D eigenvalue weighted by Crippen LogP contribution is -2.43. The number of imidazole rings is 1. The molecule has 2 heterocycles. The molecule has 1 aromatic rings. The Bertz CT molecular complexity index is 305. The summed E-state index contributed by atoms with van der Waals surface area (Å²) in [6.45, 7) is 8.86. The zero-order valence-corrected chi connectivity index (χ0v) is 9.22. The van der Waals surface area contributed by atoms with Gasteiger partial charge in [-0.2, -0.15) is 0 Å². The first-order valence-corrected chi connectivity index (χ1v) is 5.31. The molecule has 1 aromatic heterocycles. The third-order valence-corrected chi connectivity index (χ3v) is 2.71. The van der Waals surface area contributed by atoms with Gasteiger partial charge in [-0.25, -0.2) is 4.98 Å². The molecule has 2 N–H and O–H groups in total. The molecule has 0 amide bonds. The second kappa shape index (κ2) is 3.39. The smallest absolute Gasteiger partial charge is 0.111 e. The number of hydrogen-bond donors (Lipinski definition) is 2. The zero-order chi connectivity index (χ0) is 10.2. The third kappa shape index (κ3) is 1.98. The van der Waals surface area contributed by atoms with Gasteiger partial charge in [-0.3, -0.25) is 0 Å². The van der Waals surface area contributed by atoms with Gasteiger partial charge in [0.1, 0.15) is 5.82 Å². The molecule has 0 aromatic carbocycles. The lowest BCUT2D eigenvalue weighted by molar-refractivity contribution is 0.344. The van der Waals surface area contributed by atoms with Gasteiger partial charge in [0.05, 0.1) is 0 Å². The summed E-state index contributed by atoms with van der Waals surface area (Å²) in [7, 11) is 0. The Balaban J connectivity index is 2.02. The molecule has 0 aliphatic carbocycles. The van der Waals surface area contributed by atoms with Crippen molar-refractivity contribution in [1.82, 2.24) is 15.3 Å². The largest absolute Gasteiger partial charge is 0.345 e. The summed E-state index contributed by atoms with van der Waals surface area (Å²) in [4.78, 5) is 7.84. The van der Waals surface area contributed by atoms with Crippen LogP contribution in [-0.2, 0) is 11.8 Å². The van der Waals surface area contributed by atoms with E-state index in [4.69, 9.17) is 0 Å². The number of aromatic nitrogens is 2. The fourth-order valence-electron chi connectivity index (χ4n) is 1.65. The molecule has 3 heteroatoms. The van der Waals surface area contributed by atoms with Crippen molar-refractivity contribution in [1.29, 1.82) is 0 Å². The minimum Gasteiger partial charge on any atom is -0.345 e. The van der Waals surface area contributed by atoms with Crippen molar-refractivity contribution >= 4 is 0 Å². The van der Waals surface area contributed by atoms with Gasteiger partial charge in [-0.15, -0.1) is 0 Å². The van der Waals surface area contributed by atoms with Gasteiger partial charge in [0, 0.05) is 17.3 Å². The summed E-state index contributed by atoms with van der Waals surface area (Å²) in [6.07, 6.45) is 3.12. The Morgan fingerprint density at radius 2 is 2.14 bits per heavy atom. The fourth-order valence-corrected chi connectivity index (χ4v) is 1.65. The van der Waals surface area contributed by atoms with Crippen LogP contribution in [0.5, 0.6) is 0 Å². The van der Waals surface area contributed by atoms with E-state index in [-0.39, 0.29) is 5.41 Å². The van der Waals surface area contributed by atoms with Crippen molar-refractivity contribution in [3.05, 3.63) is 17.7 Å². The number of nitrogens with one attached hydrogen (secondary N) is 2. The molecule has 3 nitrogen and oxygen atoms in total. The lowest BCUT2D eigenvalue weighted by Gasteiger charge is -2.26. The number of rotatable bonds is 2. The molecule has 1 aliphatic rings. The summed E-state index contributed by atoms with van der Waals surface area (Å²) in [5.41, 5.74) is 1.41. The van der Waals surface area contributed by atoms with Crippen LogP contribution >= 0.6 is 0 Å². The molecule has 1 aliphatic heterocycles. The summed E-state index contributed by atoms with van der Waals surface area (Å²) in [5.74, 6) is 1.91. The number of nitrogens with zero attached hydrogens (tertiary/aromatic N) is 1. The molecule has 78 valence electrons. The van der Waals surface area contributed by atoms with Crippen LogP contribution in [0, 0.1) is 5.92 Å². The number of hydrogen-bond acceptors (Lipinski definition) is 2. The van der Waals surface area contributed by atoms with Gasteiger partial charge >= 0.3 is 0 Å². The summed E-state index contributed by atoms with van der Waals surface area (Å²) >= 11 is 0. The van der Waals surface area contributed by atoms with Gasteiger partial charge in [-0.1, -0.05) is 20.8 Å². The first kappa shape index (κ1) is 9.71. The van der Waals surface area contributed by atoms with E-state index in [0.717, 1.165) is 31.3 Å². The van der Waals surface area contributed by atoms with E-state index < -0.39 is 0 Å². The summed E-state index contributed by atoms with van der Waals surface area (Å²) < 4.78 is 0. The van der Waals surface area contributed by atoms with Crippen LogP contribution in [0.2, 0.25) is 0 Å². The van der Waals surface area contributed by atoms with E-state index in [0.29, 0.717) is 0 Å². The first-order chi connectivity index (χ1) is 6.55. The van der Waals surface area contributed by atoms with Crippen LogP contribution in [0.4, 0.5) is 0 Å². The summed E-state index contributed by atoms with van der Waals surface area (Å²) in [5, 5.41) is 3.28. The van der Waals surface area contributed by atoms with Gasteiger partial charge < -0.3 is 10.3 Å². The predicted molar refractivity (Wildman–Crippen MR) is 57.4 cm³/mol. The SMILES string of the molecule is CC(C)(C)c1ncc(CC2CNC2)[nH]1. The second-order valence-electron chi connectivity index (χ2n) is 5.24. The van der Waals surface area contributed by atoms with Crippen LogP contribution in [0.25, 0.3) is 0 Å². The highest BCUT2D eigenvalue weighted by Crippen LogP contribution is 2.19. The van der Waals surface area contributed by atoms with E-state index in [1.807, 2.05) is 6.20 Å². The van der Waals surface area contributed by atoms with Crippen LogP contribution < -0.4 is 5.32 Å². The molecule has 0 atom stereocenters. The highest BCUT2D eigenvalue weighted by Gasteiger charge is 2.21. The normalized spacial score (nSPS) is 18.2. The van der Waals surface area contributed by atoms with Gasteiger partial charge in [-0.05, 0) is 25.4 Å². The Labute approximate surface area is 85.3 Å². The van der Waals surface area contributed by atoms with Crippen LogP contribution in [0.15, 0.2) is 6.20 Å². The molecule has 2 rings (SSSR count). The zero-order valence-electron chi connectivity index (χ0n) is 9.22. The van der Waals surface area contributed by atoms with Gasteiger partial charge in [0.15, 0.2) is 0 Å². The van der Waals surface area contributed by atoms with Crippen LogP contribution in [-0.4, -0.2) is 23.1 Å². The standard InChI is InChI=1S/C11H19N3/c1-11(2,3)10-13-7-9(14-10)4-8-5-12-6-8/h7-8,12H,4-6H2,1-3H3,(H,13,14). The molecule has 1 saturated heterocycles. The van der Waals surface area contributed by atoms with E-state index in [2.05, 4.69) is 36.1 Å². The van der Waals surface area contributed by atoms with Crippen molar-refractivity contribution in [2.45, 2.75) is 32.6 Å². The van der Waals surface area contributed by atoms with Crippen molar-refractivity contribution in [3.8, 4) is 0 Å². The summed E-state index contributed by atoms with van der Waals surface area (Å²) in [6, 6.07) is 0. The van der Waals surface area contributed by atoms with E-state index in [1.165, 1.54) is 5.69 Å². The number of aromatic amines is 1. The minimum absolute atomic E-state index is 0.135. The number of H-pyrrole nitrogens is 1. The van der Waals surface area contributed by atoms with Gasteiger partial charge in [0.2, 0.25) is 0 Å². The fraction of sp³-hybridized carbons (Fsp3) is 0.727. The Morgan fingerprint density at radius 1 is 1.43 bits per heavy atom. The third-order valence-electron chi connectivity index (χ3n) is 2.71. The predicted octanol–water partition coefficient (Wildman–Crippen LogP) is 1.47. The monoisotopic (exact) mass is 193 g/mol. The quantitative estimate of drug-likeness (QED) is 0.746. The average molecular weight is 193 g/mol. The maximum Gasteiger partial charge on any atom is 0.111 e. The van der Waals surface area contributed by atoms with E-state index in [9.17, 15) is 0 Å². The molecular formula is C11H19N3. The van der Waals surface area contributed by atoms with E-state index >= 15 is 0 Å². The Morgan fingerprint density at radius 3 is 2.57 bits per heavy atom. The van der Waals surface area contributed by atoms with E-state index in [1.54, 1.807) is 0 Å². The second-order valence-corrected chi connectivity index (χ2v) is 5.24. The average Bonchev–Trinajstić information content (AvgIpc) is 2.43. The Kier molecular flexibility index (Phi) is 2.35. The highest BCUT2D eigenvalue weighted by atomic mass is 15.0. The van der Waals surface area contributed by atoms with Crippen molar-refractivity contribution < 1.29 is 0 Å². The Hall–Kier alpha value is -0.830. The lowest BCUT2D eigenvalue weighted by atomic mass is 9.96. The molecule has 0 saturated carbocycles. The molecule has 0 bridgehead atoms. The van der Waals surface area contributed by atoms with Crippen LogP contribution in [0.3, 0.4) is 0 Å². The molecule has 0 unspecified atom stereocenters. The van der Waals surface area contributed by atoms with Gasteiger partial charge in [0.25, 0.3) is 0 Å².